The molecule has 1 aromatic heterocycles. The predicted octanol–water partition coefficient (Wildman–Crippen LogP) is 4.75. The van der Waals surface area contributed by atoms with Crippen LogP contribution in [0.15, 0.2) is 29.6 Å². The molecule has 0 radical (unpaired) electrons. The summed E-state index contributed by atoms with van der Waals surface area (Å²) < 4.78 is 0. The molecule has 1 heterocycles. The van der Waals surface area contributed by atoms with E-state index in [0.29, 0.717) is 10.6 Å². The maximum Gasteiger partial charge on any atom is 0.101 e. The van der Waals surface area contributed by atoms with Crippen LogP contribution in [-0.2, 0) is 0 Å². The molecule has 92 valence electrons. The van der Waals surface area contributed by atoms with Gasteiger partial charge in [-0.25, -0.2) is 0 Å². The zero-order valence-electron chi connectivity index (χ0n) is 10.2. The number of thiophene rings is 1. The van der Waals surface area contributed by atoms with Crippen LogP contribution in [0.4, 0.5) is 5.69 Å². The zero-order valence-corrected chi connectivity index (χ0v) is 11.8. The van der Waals surface area contributed by atoms with Crippen LogP contribution in [0.2, 0.25) is 5.02 Å². The van der Waals surface area contributed by atoms with Crippen molar-refractivity contribution in [2.75, 3.05) is 5.32 Å². The summed E-state index contributed by atoms with van der Waals surface area (Å²) in [5, 5.41) is 15.1. The van der Waals surface area contributed by atoms with Crippen LogP contribution < -0.4 is 5.32 Å². The first-order valence-corrected chi connectivity index (χ1v) is 6.87. The molecule has 0 aliphatic carbocycles. The van der Waals surface area contributed by atoms with Gasteiger partial charge in [0.1, 0.15) is 6.07 Å². The van der Waals surface area contributed by atoms with Crippen LogP contribution in [0, 0.1) is 18.3 Å². The zero-order chi connectivity index (χ0) is 13.1. The van der Waals surface area contributed by atoms with E-state index in [1.165, 1.54) is 10.4 Å². The molecular weight excluding hydrogens is 264 g/mol. The van der Waals surface area contributed by atoms with E-state index in [2.05, 4.69) is 36.7 Å². The summed E-state index contributed by atoms with van der Waals surface area (Å²) >= 11 is 7.68. The second-order valence-electron chi connectivity index (χ2n) is 4.14. The number of aryl methyl sites for hydroxylation is 1. The number of hydrogen-bond acceptors (Lipinski definition) is 3. The molecule has 0 aliphatic rings. The molecule has 2 nitrogen and oxygen atoms in total. The quantitative estimate of drug-likeness (QED) is 0.878. The molecule has 0 fully saturated rings. The Labute approximate surface area is 116 Å². The van der Waals surface area contributed by atoms with Gasteiger partial charge in [-0.05, 0) is 49.1 Å². The molecule has 18 heavy (non-hydrogen) atoms. The fourth-order valence-electron chi connectivity index (χ4n) is 1.86. The first-order chi connectivity index (χ1) is 8.61. The lowest BCUT2D eigenvalue weighted by Gasteiger charge is -2.16. The smallest absolute Gasteiger partial charge is 0.101 e. The molecule has 0 saturated carbocycles. The molecule has 2 aromatic rings. The Morgan fingerprint density at radius 1 is 1.39 bits per heavy atom. The molecule has 1 aromatic carbocycles. The summed E-state index contributed by atoms with van der Waals surface area (Å²) in [6, 6.07) is 9.69. The SMILES string of the molecule is Cc1ccsc1C(C)Nc1cc(Cl)ccc1C#N. The summed E-state index contributed by atoms with van der Waals surface area (Å²) in [6.45, 7) is 4.17. The van der Waals surface area contributed by atoms with E-state index in [1.54, 1.807) is 29.5 Å². The second kappa shape index (κ2) is 5.43. The highest BCUT2D eigenvalue weighted by molar-refractivity contribution is 7.10. The summed E-state index contributed by atoms with van der Waals surface area (Å²) in [5.41, 5.74) is 2.66. The van der Waals surface area contributed by atoms with Crippen molar-refractivity contribution in [3.8, 4) is 6.07 Å². The highest BCUT2D eigenvalue weighted by atomic mass is 35.5. The van der Waals surface area contributed by atoms with E-state index >= 15 is 0 Å². The van der Waals surface area contributed by atoms with E-state index in [4.69, 9.17) is 16.9 Å². The minimum Gasteiger partial charge on any atom is -0.377 e. The van der Waals surface area contributed by atoms with Gasteiger partial charge < -0.3 is 5.32 Å². The van der Waals surface area contributed by atoms with Gasteiger partial charge >= 0.3 is 0 Å². The molecule has 0 spiro atoms. The number of hydrogen-bond donors (Lipinski definition) is 1. The molecular formula is C14H13ClN2S. The van der Waals surface area contributed by atoms with Crippen molar-refractivity contribution < 1.29 is 0 Å². The topological polar surface area (TPSA) is 35.8 Å². The molecule has 0 bridgehead atoms. The largest absolute Gasteiger partial charge is 0.377 e. The fourth-order valence-corrected chi connectivity index (χ4v) is 2.97. The number of nitrogens with zero attached hydrogens (tertiary/aromatic N) is 1. The van der Waals surface area contributed by atoms with Crippen LogP contribution >= 0.6 is 22.9 Å². The minimum absolute atomic E-state index is 0.163. The van der Waals surface area contributed by atoms with Crippen molar-refractivity contribution in [1.29, 1.82) is 5.26 Å². The third-order valence-corrected chi connectivity index (χ3v) is 4.21. The van der Waals surface area contributed by atoms with Crippen molar-refractivity contribution in [2.24, 2.45) is 0 Å². The first-order valence-electron chi connectivity index (χ1n) is 5.62. The number of halogens is 1. The molecule has 0 aliphatic heterocycles. The highest BCUT2D eigenvalue weighted by Gasteiger charge is 2.12. The van der Waals surface area contributed by atoms with Crippen molar-refractivity contribution in [1.82, 2.24) is 0 Å². The Morgan fingerprint density at radius 3 is 2.78 bits per heavy atom. The van der Waals surface area contributed by atoms with Gasteiger partial charge in [0, 0.05) is 9.90 Å². The predicted molar refractivity (Wildman–Crippen MR) is 77.3 cm³/mol. The minimum atomic E-state index is 0.163. The van der Waals surface area contributed by atoms with Crippen LogP contribution in [0.25, 0.3) is 0 Å². The second-order valence-corrected chi connectivity index (χ2v) is 5.52. The van der Waals surface area contributed by atoms with Crippen molar-refractivity contribution in [2.45, 2.75) is 19.9 Å². The van der Waals surface area contributed by atoms with Crippen molar-refractivity contribution >= 4 is 28.6 Å². The van der Waals surface area contributed by atoms with Crippen molar-refractivity contribution in [3.63, 3.8) is 0 Å². The van der Waals surface area contributed by atoms with Gasteiger partial charge in [-0.15, -0.1) is 11.3 Å². The van der Waals surface area contributed by atoms with Crippen molar-refractivity contribution in [3.05, 3.63) is 50.7 Å². The lowest BCUT2D eigenvalue weighted by molar-refractivity contribution is 0.898. The van der Waals surface area contributed by atoms with E-state index in [-0.39, 0.29) is 6.04 Å². The summed E-state index contributed by atoms with van der Waals surface area (Å²) in [6.07, 6.45) is 0. The maximum atomic E-state index is 9.08. The maximum absolute atomic E-state index is 9.08. The van der Waals surface area contributed by atoms with E-state index in [1.807, 2.05) is 0 Å². The summed E-state index contributed by atoms with van der Waals surface area (Å²) in [7, 11) is 0. The van der Waals surface area contributed by atoms with Gasteiger partial charge in [-0.1, -0.05) is 11.6 Å². The van der Waals surface area contributed by atoms with Gasteiger partial charge in [-0.2, -0.15) is 5.26 Å². The molecule has 4 heteroatoms. The van der Waals surface area contributed by atoms with E-state index < -0.39 is 0 Å². The van der Waals surface area contributed by atoms with Gasteiger partial charge in [0.2, 0.25) is 0 Å². The van der Waals surface area contributed by atoms with E-state index in [9.17, 15) is 0 Å². The average Bonchev–Trinajstić information content (AvgIpc) is 2.76. The van der Waals surface area contributed by atoms with Gasteiger partial charge in [-0.3, -0.25) is 0 Å². The molecule has 0 amide bonds. The summed E-state index contributed by atoms with van der Waals surface area (Å²) in [4.78, 5) is 1.28. The molecule has 2 rings (SSSR count). The number of benzene rings is 1. The fraction of sp³-hybridized carbons (Fsp3) is 0.214. The van der Waals surface area contributed by atoms with Gasteiger partial charge in [0.25, 0.3) is 0 Å². The Morgan fingerprint density at radius 2 is 2.17 bits per heavy atom. The monoisotopic (exact) mass is 276 g/mol. The normalized spacial score (nSPS) is 11.9. The Kier molecular flexibility index (Phi) is 3.90. The number of anilines is 1. The third-order valence-electron chi connectivity index (χ3n) is 2.77. The van der Waals surface area contributed by atoms with Crippen LogP contribution in [0.1, 0.15) is 29.0 Å². The van der Waals surface area contributed by atoms with Gasteiger partial charge in [0.15, 0.2) is 0 Å². The Bertz CT molecular complexity index is 598. The average molecular weight is 277 g/mol. The van der Waals surface area contributed by atoms with Crippen LogP contribution in [0.3, 0.4) is 0 Å². The van der Waals surface area contributed by atoms with Crippen LogP contribution in [0.5, 0.6) is 0 Å². The Hall–Kier alpha value is -1.50. The standard InChI is InChI=1S/C14H13ClN2S/c1-9-5-6-18-14(9)10(2)17-13-7-12(15)4-3-11(13)8-16/h3-7,10,17H,1-2H3. The van der Waals surface area contributed by atoms with Crippen LogP contribution in [-0.4, -0.2) is 0 Å². The van der Waals surface area contributed by atoms with Gasteiger partial charge in [0.05, 0.1) is 17.3 Å². The third kappa shape index (κ3) is 2.66. The first kappa shape index (κ1) is 12.9. The molecule has 1 N–H and O–H groups in total. The molecule has 0 saturated heterocycles. The number of nitriles is 1. The lowest BCUT2D eigenvalue weighted by atomic mass is 10.1. The molecule has 1 atom stereocenters. The van der Waals surface area contributed by atoms with E-state index in [0.717, 1.165) is 5.69 Å². The highest BCUT2D eigenvalue weighted by Crippen LogP contribution is 2.29. The summed E-state index contributed by atoms with van der Waals surface area (Å²) in [5.74, 6) is 0. The number of nitrogens with one attached hydrogen (secondary N) is 1. The molecule has 1 unspecified atom stereocenters. The Balaban J connectivity index is 2.27. The number of rotatable bonds is 3. The lowest BCUT2D eigenvalue weighted by Crippen LogP contribution is -2.07.